The quantitative estimate of drug-likeness (QED) is 0.880. The number of methoxy groups -OCH3 is 1. The van der Waals surface area contributed by atoms with Crippen LogP contribution in [-0.4, -0.2) is 19.6 Å². The molecule has 0 radical (unpaired) electrons. The van der Waals surface area contributed by atoms with Gasteiger partial charge < -0.3 is 15.4 Å². The van der Waals surface area contributed by atoms with Crippen molar-refractivity contribution in [3.05, 3.63) is 53.6 Å². The Balaban J connectivity index is 1.85. The fourth-order valence-electron chi connectivity index (χ4n) is 2.84. The van der Waals surface area contributed by atoms with E-state index in [2.05, 4.69) is 0 Å². The van der Waals surface area contributed by atoms with Crippen LogP contribution >= 0.6 is 0 Å². The van der Waals surface area contributed by atoms with Crippen LogP contribution in [0.25, 0.3) is 0 Å². The molecule has 2 aromatic carbocycles. The molecule has 0 bridgehead atoms. The van der Waals surface area contributed by atoms with Gasteiger partial charge in [0.25, 0.3) is 0 Å². The summed E-state index contributed by atoms with van der Waals surface area (Å²) in [6.45, 7) is 0.692. The Kier molecular flexibility index (Phi) is 3.52. The van der Waals surface area contributed by atoms with Crippen LogP contribution in [0.15, 0.2) is 42.5 Å². The molecule has 0 saturated heterocycles. The van der Waals surface area contributed by atoms with Gasteiger partial charge in [-0.15, -0.1) is 0 Å². The van der Waals surface area contributed by atoms with Crippen molar-refractivity contribution < 1.29 is 9.53 Å². The van der Waals surface area contributed by atoms with Gasteiger partial charge in [-0.1, -0.05) is 30.3 Å². The predicted octanol–water partition coefficient (Wildman–Crippen LogP) is 2.41. The first-order valence-electron chi connectivity index (χ1n) is 7.00. The van der Waals surface area contributed by atoms with Crippen molar-refractivity contribution in [3.63, 3.8) is 0 Å². The van der Waals surface area contributed by atoms with E-state index in [1.807, 2.05) is 42.5 Å². The van der Waals surface area contributed by atoms with Crippen molar-refractivity contribution in [2.45, 2.75) is 12.8 Å². The minimum atomic E-state index is 0.0520. The monoisotopic (exact) mass is 282 g/mol. The Morgan fingerprint density at radius 2 is 2.05 bits per heavy atom. The number of hydrogen-bond acceptors (Lipinski definition) is 3. The molecule has 1 aliphatic rings. The molecular weight excluding hydrogens is 264 g/mol. The Labute approximate surface area is 124 Å². The number of anilines is 2. The largest absolute Gasteiger partial charge is 0.496 e. The van der Waals surface area contributed by atoms with Gasteiger partial charge in [-0.25, -0.2) is 0 Å². The molecule has 1 heterocycles. The zero-order chi connectivity index (χ0) is 14.8. The molecule has 4 nitrogen and oxygen atoms in total. The van der Waals surface area contributed by atoms with E-state index in [-0.39, 0.29) is 5.91 Å². The molecule has 0 aliphatic carbocycles. The summed E-state index contributed by atoms with van der Waals surface area (Å²) < 4.78 is 5.31. The van der Waals surface area contributed by atoms with Crippen molar-refractivity contribution in [1.82, 2.24) is 0 Å². The standard InChI is InChI=1S/C17H18N2O2/c1-21-15-8-3-2-5-13(15)11-16(20)19-10-9-12-6-4-7-14(18)17(12)19/h2-8H,9-11,18H2,1H3. The van der Waals surface area contributed by atoms with E-state index in [1.54, 1.807) is 12.0 Å². The number of hydrogen-bond donors (Lipinski definition) is 1. The molecular formula is C17H18N2O2. The van der Waals surface area contributed by atoms with Crippen LogP contribution in [-0.2, 0) is 17.6 Å². The number of nitrogens with two attached hydrogens (primary N) is 1. The molecule has 2 aromatic rings. The number of ether oxygens (including phenoxy) is 1. The van der Waals surface area contributed by atoms with E-state index in [9.17, 15) is 4.79 Å². The van der Waals surface area contributed by atoms with Crippen molar-refractivity contribution >= 4 is 17.3 Å². The average Bonchev–Trinajstić information content (AvgIpc) is 2.93. The number of para-hydroxylation sites is 2. The van der Waals surface area contributed by atoms with Gasteiger partial charge >= 0.3 is 0 Å². The fraction of sp³-hybridized carbons (Fsp3) is 0.235. The highest BCUT2D eigenvalue weighted by Gasteiger charge is 2.26. The van der Waals surface area contributed by atoms with Crippen molar-refractivity contribution in [3.8, 4) is 5.75 Å². The number of amides is 1. The third-order valence-electron chi connectivity index (χ3n) is 3.86. The van der Waals surface area contributed by atoms with Gasteiger partial charge in [0.05, 0.1) is 24.9 Å². The second-order valence-electron chi connectivity index (χ2n) is 5.14. The van der Waals surface area contributed by atoms with E-state index in [4.69, 9.17) is 10.5 Å². The Hall–Kier alpha value is -2.49. The number of carbonyl (C=O) groups is 1. The SMILES string of the molecule is COc1ccccc1CC(=O)N1CCc2cccc(N)c21. The summed E-state index contributed by atoms with van der Waals surface area (Å²) in [5, 5.41) is 0. The minimum Gasteiger partial charge on any atom is -0.496 e. The highest BCUT2D eigenvalue weighted by molar-refractivity contribution is 6.00. The molecule has 2 N–H and O–H groups in total. The molecule has 21 heavy (non-hydrogen) atoms. The third kappa shape index (κ3) is 2.44. The average molecular weight is 282 g/mol. The van der Waals surface area contributed by atoms with Crippen molar-refractivity contribution in [2.75, 3.05) is 24.3 Å². The zero-order valence-electron chi connectivity index (χ0n) is 12.0. The minimum absolute atomic E-state index is 0.0520. The van der Waals surface area contributed by atoms with Gasteiger partial charge in [0.2, 0.25) is 5.91 Å². The zero-order valence-corrected chi connectivity index (χ0v) is 12.0. The number of rotatable bonds is 3. The molecule has 0 atom stereocenters. The van der Waals surface area contributed by atoms with Gasteiger partial charge in [-0.3, -0.25) is 4.79 Å². The molecule has 1 amide bonds. The lowest BCUT2D eigenvalue weighted by Crippen LogP contribution is -2.31. The first-order chi connectivity index (χ1) is 10.2. The van der Waals surface area contributed by atoms with Gasteiger partial charge in [0.1, 0.15) is 5.75 Å². The molecule has 0 aromatic heterocycles. The topological polar surface area (TPSA) is 55.6 Å². The first-order valence-corrected chi connectivity index (χ1v) is 7.00. The summed E-state index contributed by atoms with van der Waals surface area (Å²) in [5.41, 5.74) is 9.61. The van der Waals surface area contributed by atoms with Crippen LogP contribution in [0.2, 0.25) is 0 Å². The van der Waals surface area contributed by atoms with Gasteiger partial charge in [-0.2, -0.15) is 0 Å². The first kappa shape index (κ1) is 13.5. The van der Waals surface area contributed by atoms with Crippen LogP contribution < -0.4 is 15.4 Å². The van der Waals surface area contributed by atoms with E-state index in [1.165, 1.54) is 0 Å². The van der Waals surface area contributed by atoms with E-state index < -0.39 is 0 Å². The van der Waals surface area contributed by atoms with Crippen LogP contribution in [0.1, 0.15) is 11.1 Å². The van der Waals surface area contributed by atoms with E-state index in [0.717, 1.165) is 29.0 Å². The number of fused-ring (bicyclic) bond motifs is 1. The van der Waals surface area contributed by atoms with Crippen LogP contribution in [0.5, 0.6) is 5.75 Å². The number of nitrogen functional groups attached to an aromatic ring is 1. The van der Waals surface area contributed by atoms with Crippen molar-refractivity contribution in [2.24, 2.45) is 0 Å². The van der Waals surface area contributed by atoms with E-state index in [0.29, 0.717) is 18.7 Å². The van der Waals surface area contributed by atoms with Gasteiger partial charge in [-0.05, 0) is 24.1 Å². The Bertz CT molecular complexity index is 682. The molecule has 0 fully saturated rings. The maximum Gasteiger partial charge on any atom is 0.231 e. The highest BCUT2D eigenvalue weighted by Crippen LogP contribution is 2.34. The number of benzene rings is 2. The summed E-state index contributed by atoms with van der Waals surface area (Å²) >= 11 is 0. The molecule has 0 saturated carbocycles. The van der Waals surface area contributed by atoms with Gasteiger partial charge in [0.15, 0.2) is 0 Å². The lowest BCUT2D eigenvalue weighted by atomic mass is 10.1. The van der Waals surface area contributed by atoms with Crippen LogP contribution in [0.4, 0.5) is 11.4 Å². The maximum absolute atomic E-state index is 12.6. The molecule has 4 heteroatoms. The molecule has 1 aliphatic heterocycles. The molecule has 0 unspecified atom stereocenters. The Morgan fingerprint density at radius 1 is 1.24 bits per heavy atom. The predicted molar refractivity (Wildman–Crippen MR) is 83.6 cm³/mol. The van der Waals surface area contributed by atoms with E-state index >= 15 is 0 Å². The van der Waals surface area contributed by atoms with Gasteiger partial charge in [0, 0.05) is 12.1 Å². The number of nitrogens with zero attached hydrogens (tertiary/aromatic N) is 1. The second-order valence-corrected chi connectivity index (χ2v) is 5.14. The smallest absolute Gasteiger partial charge is 0.231 e. The molecule has 3 rings (SSSR count). The summed E-state index contributed by atoms with van der Waals surface area (Å²) in [6.07, 6.45) is 1.18. The maximum atomic E-state index is 12.6. The normalized spacial score (nSPS) is 13.1. The highest BCUT2D eigenvalue weighted by atomic mass is 16.5. The fourth-order valence-corrected chi connectivity index (χ4v) is 2.84. The number of carbonyl (C=O) groups excluding carboxylic acids is 1. The summed E-state index contributed by atoms with van der Waals surface area (Å²) in [7, 11) is 1.62. The van der Waals surface area contributed by atoms with Crippen molar-refractivity contribution in [1.29, 1.82) is 0 Å². The summed E-state index contributed by atoms with van der Waals surface area (Å²) in [4.78, 5) is 14.4. The van der Waals surface area contributed by atoms with Crippen LogP contribution in [0.3, 0.4) is 0 Å². The lowest BCUT2D eigenvalue weighted by Gasteiger charge is -2.19. The molecule has 0 spiro atoms. The summed E-state index contributed by atoms with van der Waals surface area (Å²) in [6, 6.07) is 13.4. The summed E-state index contributed by atoms with van der Waals surface area (Å²) in [5.74, 6) is 0.794. The Morgan fingerprint density at radius 3 is 2.86 bits per heavy atom. The lowest BCUT2D eigenvalue weighted by molar-refractivity contribution is -0.117. The van der Waals surface area contributed by atoms with Crippen LogP contribution in [0, 0.1) is 0 Å². The molecule has 108 valence electrons. The third-order valence-corrected chi connectivity index (χ3v) is 3.86. The second kappa shape index (κ2) is 5.48.